The summed E-state index contributed by atoms with van der Waals surface area (Å²) in [4.78, 5) is 0.252. The van der Waals surface area contributed by atoms with E-state index >= 15 is 0 Å². The SMILES string of the molecule is O=P(F)(NP(=O)(F)C(F)(F)F)Oc1ccccc1. The first-order valence-corrected chi connectivity index (χ1v) is 7.35. The van der Waals surface area contributed by atoms with Crippen molar-refractivity contribution in [2.45, 2.75) is 5.92 Å². The zero-order valence-electron chi connectivity index (χ0n) is 8.40. The summed E-state index contributed by atoms with van der Waals surface area (Å²) in [6.07, 6.45) is 0. The number of hydrogen-bond donors (Lipinski definition) is 1. The molecule has 1 N–H and O–H groups in total. The van der Waals surface area contributed by atoms with Gasteiger partial charge in [-0.25, -0.2) is 4.57 Å². The third kappa shape index (κ3) is 4.08. The first kappa shape index (κ1) is 15.1. The molecule has 0 aliphatic carbocycles. The summed E-state index contributed by atoms with van der Waals surface area (Å²) in [5.74, 6) is -6.27. The van der Waals surface area contributed by atoms with Gasteiger partial charge in [0.15, 0.2) is 0 Å². The molecule has 102 valence electrons. The molecule has 0 saturated carbocycles. The van der Waals surface area contributed by atoms with Crippen LogP contribution >= 0.6 is 15.4 Å². The highest BCUT2D eigenvalue weighted by molar-refractivity contribution is 7.70. The Kier molecular flexibility index (Phi) is 4.20. The van der Waals surface area contributed by atoms with Crippen molar-refractivity contribution in [3.63, 3.8) is 0 Å². The first-order chi connectivity index (χ1) is 8.04. The maximum Gasteiger partial charge on any atom is 0.504 e. The van der Waals surface area contributed by atoms with Crippen molar-refractivity contribution in [3.8, 4) is 5.75 Å². The Hall–Kier alpha value is -0.910. The van der Waals surface area contributed by atoms with Crippen molar-refractivity contribution in [1.29, 1.82) is 0 Å². The van der Waals surface area contributed by atoms with Crippen molar-refractivity contribution in [3.05, 3.63) is 30.3 Å². The lowest BCUT2D eigenvalue weighted by Crippen LogP contribution is -2.17. The second kappa shape index (κ2) is 4.99. The summed E-state index contributed by atoms with van der Waals surface area (Å²) >= 11 is 0. The third-order valence-corrected chi connectivity index (χ3v) is 4.62. The summed E-state index contributed by atoms with van der Waals surface area (Å²) in [5, 5.41) is 0. The van der Waals surface area contributed by atoms with E-state index in [-0.39, 0.29) is 4.86 Å². The van der Waals surface area contributed by atoms with Crippen LogP contribution in [-0.4, -0.2) is 5.92 Å². The van der Waals surface area contributed by atoms with E-state index in [4.69, 9.17) is 0 Å². The quantitative estimate of drug-likeness (QED) is 0.661. The van der Waals surface area contributed by atoms with Gasteiger partial charge in [0.05, 0.1) is 0 Å². The van der Waals surface area contributed by atoms with E-state index in [9.17, 15) is 30.7 Å². The average Bonchev–Trinajstić information content (AvgIpc) is 2.14. The molecule has 2 atom stereocenters. The van der Waals surface area contributed by atoms with Crippen LogP contribution in [0.2, 0.25) is 0 Å². The molecule has 0 spiro atoms. The lowest BCUT2D eigenvalue weighted by atomic mass is 10.3. The van der Waals surface area contributed by atoms with Crippen LogP contribution in [0.5, 0.6) is 5.75 Å². The molecule has 0 saturated heterocycles. The highest BCUT2D eigenvalue weighted by Crippen LogP contribution is 2.66. The van der Waals surface area contributed by atoms with Crippen LogP contribution in [0.25, 0.3) is 0 Å². The third-order valence-electron chi connectivity index (χ3n) is 1.54. The van der Waals surface area contributed by atoms with Gasteiger partial charge in [0.1, 0.15) is 5.75 Å². The predicted molar refractivity (Wildman–Crippen MR) is 53.7 cm³/mol. The van der Waals surface area contributed by atoms with Crippen LogP contribution in [0.1, 0.15) is 0 Å². The van der Waals surface area contributed by atoms with Crippen molar-refractivity contribution >= 4 is 15.4 Å². The minimum absolute atomic E-state index is 0.252. The number of benzene rings is 1. The molecule has 0 radical (unpaired) electrons. The van der Waals surface area contributed by atoms with Crippen LogP contribution in [0.3, 0.4) is 0 Å². The maximum absolute atomic E-state index is 13.1. The fourth-order valence-corrected chi connectivity index (χ4v) is 3.09. The summed E-state index contributed by atoms with van der Waals surface area (Å²) in [6, 6.07) is 6.25. The van der Waals surface area contributed by atoms with E-state index in [2.05, 4.69) is 4.52 Å². The zero-order chi connectivity index (χ0) is 14.0. The van der Waals surface area contributed by atoms with Crippen LogP contribution in [0, 0.1) is 0 Å². The highest BCUT2D eigenvalue weighted by atomic mass is 31.3. The fraction of sp³-hybridized carbons (Fsp3) is 0.143. The number of halogens is 5. The molecule has 0 aliphatic rings. The molecule has 0 amide bonds. The zero-order valence-corrected chi connectivity index (χ0v) is 10.2. The molecular formula is C7H6F5NO3P2. The molecule has 0 aliphatic heterocycles. The van der Waals surface area contributed by atoms with Crippen molar-refractivity contribution < 1.29 is 35.2 Å². The minimum Gasteiger partial charge on any atom is -0.410 e. The van der Waals surface area contributed by atoms with Gasteiger partial charge in [-0.2, -0.15) is 17.4 Å². The highest BCUT2D eigenvalue weighted by Gasteiger charge is 2.57. The topological polar surface area (TPSA) is 55.4 Å². The van der Waals surface area contributed by atoms with E-state index < -0.39 is 27.1 Å². The molecule has 0 aromatic heterocycles. The molecule has 0 bridgehead atoms. The van der Waals surface area contributed by atoms with Gasteiger partial charge in [0.2, 0.25) is 0 Å². The molecule has 0 heterocycles. The Bertz CT molecular complexity index is 506. The van der Waals surface area contributed by atoms with Crippen molar-refractivity contribution in [1.82, 2.24) is 4.86 Å². The van der Waals surface area contributed by atoms with Crippen molar-refractivity contribution in [2.75, 3.05) is 0 Å². The summed E-state index contributed by atoms with van der Waals surface area (Å²) < 4.78 is 86.7. The van der Waals surface area contributed by atoms with Crippen LogP contribution in [0.15, 0.2) is 30.3 Å². The van der Waals surface area contributed by atoms with E-state index in [1.54, 1.807) is 0 Å². The monoisotopic (exact) mass is 309 g/mol. The smallest absolute Gasteiger partial charge is 0.410 e. The van der Waals surface area contributed by atoms with Gasteiger partial charge in [0, 0.05) is 0 Å². The largest absolute Gasteiger partial charge is 0.504 e. The van der Waals surface area contributed by atoms with Gasteiger partial charge in [-0.1, -0.05) is 18.2 Å². The lowest BCUT2D eigenvalue weighted by molar-refractivity contribution is -0.0526. The number of hydrogen-bond acceptors (Lipinski definition) is 3. The number of para-hydroxylation sites is 1. The predicted octanol–water partition coefficient (Wildman–Crippen LogP) is 4.42. The number of nitrogens with one attached hydrogen (secondary N) is 1. The molecule has 4 nitrogen and oxygen atoms in total. The number of rotatable bonds is 4. The Labute approximate surface area is 98.3 Å². The molecule has 1 aromatic carbocycles. The van der Waals surface area contributed by atoms with E-state index in [0.717, 1.165) is 12.1 Å². The second-order valence-corrected chi connectivity index (χ2v) is 6.50. The molecule has 1 aromatic rings. The molecule has 11 heteroatoms. The average molecular weight is 309 g/mol. The summed E-state index contributed by atoms with van der Waals surface area (Å²) in [7, 11) is -12.4. The van der Waals surface area contributed by atoms with Crippen LogP contribution < -0.4 is 9.38 Å². The summed E-state index contributed by atoms with van der Waals surface area (Å²) in [5.41, 5.74) is 0. The number of alkyl halides is 3. The van der Waals surface area contributed by atoms with E-state index in [0.29, 0.717) is 0 Å². The van der Waals surface area contributed by atoms with Gasteiger partial charge in [-0.05, 0) is 12.1 Å². The summed E-state index contributed by atoms with van der Waals surface area (Å²) in [6.45, 7) is 0. The standard InChI is InChI=1S/C7H6F5NO3P2/c8-7(9,10)17(11,14)13-18(12,15)16-6-4-2-1-3-5-6/h1-5H,(H,13,14,15). The van der Waals surface area contributed by atoms with Crippen molar-refractivity contribution in [2.24, 2.45) is 0 Å². The second-order valence-electron chi connectivity index (χ2n) is 2.98. The molecule has 1 rings (SSSR count). The van der Waals surface area contributed by atoms with E-state index in [1.807, 2.05) is 0 Å². The Balaban J connectivity index is 2.84. The Morgan fingerprint density at radius 2 is 1.56 bits per heavy atom. The van der Waals surface area contributed by atoms with Gasteiger partial charge in [0.25, 0.3) is 0 Å². The Morgan fingerprint density at radius 3 is 2.00 bits per heavy atom. The lowest BCUT2D eigenvalue weighted by Gasteiger charge is -2.16. The van der Waals surface area contributed by atoms with Gasteiger partial charge in [-0.3, -0.25) is 4.57 Å². The maximum atomic E-state index is 13.1. The Morgan fingerprint density at radius 1 is 1.06 bits per heavy atom. The molecule has 2 unspecified atom stereocenters. The first-order valence-electron chi connectivity index (χ1n) is 4.24. The minimum atomic E-state index is -6.65. The van der Waals surface area contributed by atoms with Crippen LogP contribution in [-0.2, 0) is 9.13 Å². The van der Waals surface area contributed by atoms with Crippen LogP contribution in [0.4, 0.5) is 21.6 Å². The molecule has 0 fully saturated rings. The van der Waals surface area contributed by atoms with Gasteiger partial charge < -0.3 is 4.52 Å². The molecule has 18 heavy (non-hydrogen) atoms. The normalized spacial score (nSPS) is 18.7. The van der Waals surface area contributed by atoms with E-state index in [1.165, 1.54) is 18.2 Å². The fourth-order valence-electron chi connectivity index (χ4n) is 0.848. The van der Waals surface area contributed by atoms with Gasteiger partial charge in [-0.15, -0.1) is 9.05 Å². The van der Waals surface area contributed by atoms with Gasteiger partial charge >= 0.3 is 21.4 Å². The molecular weight excluding hydrogens is 303 g/mol.